The van der Waals surface area contributed by atoms with Crippen molar-refractivity contribution in [1.82, 2.24) is 4.98 Å². The summed E-state index contributed by atoms with van der Waals surface area (Å²) in [5, 5.41) is 5.56. The number of Topliss-reactive ketones (excluding diaryl/α,β-unsaturated/α-hetero) is 1. The van der Waals surface area contributed by atoms with Crippen LogP contribution in [0.3, 0.4) is 0 Å². The summed E-state index contributed by atoms with van der Waals surface area (Å²) >= 11 is 0. The zero-order valence-electron chi connectivity index (χ0n) is 12.1. The van der Waals surface area contributed by atoms with Crippen LogP contribution < -0.4 is 5.01 Å². The van der Waals surface area contributed by atoms with Crippen molar-refractivity contribution in [2.24, 2.45) is 11.0 Å². The molecule has 2 aromatic rings. The third kappa shape index (κ3) is 2.65. The molecule has 1 aliphatic rings. The second-order valence-corrected chi connectivity index (χ2v) is 5.16. The molecule has 0 radical (unpaired) electrons. The van der Waals surface area contributed by atoms with Crippen LogP contribution in [-0.4, -0.2) is 22.4 Å². The highest BCUT2D eigenvalue weighted by molar-refractivity contribution is 6.27. The van der Waals surface area contributed by atoms with Crippen molar-refractivity contribution in [1.29, 1.82) is 0 Å². The lowest BCUT2D eigenvalue weighted by atomic mass is 9.94. The first-order valence-electron chi connectivity index (χ1n) is 7.02. The molecule has 1 aromatic heterocycles. The van der Waals surface area contributed by atoms with Gasteiger partial charge in [0.15, 0.2) is 5.78 Å². The van der Waals surface area contributed by atoms with E-state index in [2.05, 4.69) is 10.1 Å². The molecule has 5 heteroatoms. The number of rotatable bonds is 4. The highest BCUT2D eigenvalue weighted by Crippen LogP contribution is 2.24. The fraction of sp³-hybridized carbons (Fsp3) is 0.176. The summed E-state index contributed by atoms with van der Waals surface area (Å²) in [4.78, 5) is 28.9. The van der Waals surface area contributed by atoms with Gasteiger partial charge in [-0.05, 0) is 36.8 Å². The van der Waals surface area contributed by atoms with Gasteiger partial charge >= 0.3 is 0 Å². The number of carbonyl (C=O) groups excluding carboxylic acids is 2. The summed E-state index contributed by atoms with van der Waals surface area (Å²) in [5.41, 5.74) is 2.05. The van der Waals surface area contributed by atoms with Gasteiger partial charge in [0.25, 0.3) is 5.91 Å². The Labute approximate surface area is 128 Å². The number of hydrogen-bond donors (Lipinski definition) is 0. The van der Waals surface area contributed by atoms with Gasteiger partial charge in [0.05, 0.1) is 11.4 Å². The lowest BCUT2D eigenvalue weighted by molar-refractivity contribution is -0.128. The number of pyridine rings is 1. The van der Waals surface area contributed by atoms with E-state index in [1.165, 1.54) is 5.01 Å². The van der Waals surface area contributed by atoms with Crippen LogP contribution >= 0.6 is 0 Å². The van der Waals surface area contributed by atoms with E-state index in [1.807, 2.05) is 18.2 Å². The summed E-state index contributed by atoms with van der Waals surface area (Å²) in [6.45, 7) is 1.72. The van der Waals surface area contributed by atoms with E-state index in [1.54, 1.807) is 43.6 Å². The molecule has 0 saturated carbocycles. The van der Waals surface area contributed by atoms with Crippen molar-refractivity contribution in [3.63, 3.8) is 0 Å². The Kier molecular flexibility index (Phi) is 3.78. The zero-order valence-corrected chi connectivity index (χ0v) is 12.1. The maximum absolute atomic E-state index is 12.5. The molecule has 1 atom stereocenters. The summed E-state index contributed by atoms with van der Waals surface area (Å²) < 4.78 is 0. The van der Waals surface area contributed by atoms with E-state index >= 15 is 0 Å². The van der Waals surface area contributed by atoms with Gasteiger partial charge < -0.3 is 0 Å². The Morgan fingerprint density at radius 1 is 1.14 bits per heavy atom. The van der Waals surface area contributed by atoms with Gasteiger partial charge in [0.1, 0.15) is 5.92 Å². The first kappa shape index (κ1) is 14.1. The largest absolute Gasteiger partial charge is 0.298 e. The van der Waals surface area contributed by atoms with E-state index in [9.17, 15) is 9.59 Å². The van der Waals surface area contributed by atoms with Crippen LogP contribution in [0.4, 0.5) is 5.69 Å². The third-order valence-corrected chi connectivity index (χ3v) is 3.58. The van der Waals surface area contributed by atoms with Crippen LogP contribution in [0.25, 0.3) is 0 Å². The molecule has 110 valence electrons. The quantitative estimate of drug-likeness (QED) is 0.812. The molecule has 2 heterocycles. The highest BCUT2D eigenvalue weighted by Gasteiger charge is 2.39. The van der Waals surface area contributed by atoms with E-state index in [0.29, 0.717) is 11.4 Å². The Balaban J connectivity index is 1.80. The molecule has 1 aliphatic heterocycles. The van der Waals surface area contributed by atoms with Crippen LogP contribution in [0.5, 0.6) is 0 Å². The second-order valence-electron chi connectivity index (χ2n) is 5.16. The lowest BCUT2D eigenvalue weighted by Crippen LogP contribution is -2.33. The van der Waals surface area contributed by atoms with E-state index in [-0.39, 0.29) is 18.1 Å². The van der Waals surface area contributed by atoms with Crippen molar-refractivity contribution in [3.05, 3.63) is 60.4 Å². The minimum atomic E-state index is -0.798. The third-order valence-electron chi connectivity index (χ3n) is 3.58. The fourth-order valence-electron chi connectivity index (χ4n) is 2.49. The lowest BCUT2D eigenvalue weighted by Gasteiger charge is -2.13. The second kappa shape index (κ2) is 5.89. The highest BCUT2D eigenvalue weighted by atomic mass is 16.2. The smallest absolute Gasteiger partial charge is 0.263 e. The standard InChI is InChI=1S/C17H15N3O2/c1-12-16(15(21)11-13-7-9-18-10-8-13)17(22)20(19-12)14-5-3-2-4-6-14/h2-10,16H,11H2,1H3. The number of carbonyl (C=O) groups is 2. The molecule has 0 fully saturated rings. The number of nitrogens with zero attached hydrogens (tertiary/aromatic N) is 3. The maximum atomic E-state index is 12.5. The van der Waals surface area contributed by atoms with Crippen molar-refractivity contribution >= 4 is 23.1 Å². The average Bonchev–Trinajstić information content (AvgIpc) is 2.84. The molecule has 0 bridgehead atoms. The van der Waals surface area contributed by atoms with E-state index in [0.717, 1.165) is 5.56 Å². The van der Waals surface area contributed by atoms with Crippen LogP contribution in [0.2, 0.25) is 0 Å². The van der Waals surface area contributed by atoms with E-state index in [4.69, 9.17) is 0 Å². The van der Waals surface area contributed by atoms with Gasteiger partial charge in [-0.25, -0.2) is 0 Å². The topological polar surface area (TPSA) is 62.6 Å². The predicted octanol–water partition coefficient (Wildman–Crippen LogP) is 2.23. The summed E-state index contributed by atoms with van der Waals surface area (Å²) in [7, 11) is 0. The minimum Gasteiger partial charge on any atom is -0.298 e. The van der Waals surface area contributed by atoms with Crippen LogP contribution in [0.1, 0.15) is 12.5 Å². The Bertz CT molecular complexity index is 726. The van der Waals surface area contributed by atoms with Gasteiger partial charge in [-0.3, -0.25) is 14.6 Å². The molecule has 0 N–H and O–H groups in total. The normalized spacial score (nSPS) is 17.5. The number of aromatic nitrogens is 1. The van der Waals surface area contributed by atoms with Gasteiger partial charge in [-0.1, -0.05) is 18.2 Å². The molecule has 1 aromatic carbocycles. The van der Waals surface area contributed by atoms with Gasteiger partial charge in [-0.2, -0.15) is 10.1 Å². The first-order chi connectivity index (χ1) is 10.7. The molecule has 5 nitrogen and oxygen atoms in total. The summed E-state index contributed by atoms with van der Waals surface area (Å²) in [5.74, 6) is -1.23. The number of hydrogen-bond acceptors (Lipinski definition) is 4. The monoisotopic (exact) mass is 293 g/mol. The molecule has 1 unspecified atom stereocenters. The zero-order chi connectivity index (χ0) is 15.5. The number of para-hydroxylation sites is 1. The van der Waals surface area contributed by atoms with Crippen LogP contribution in [0.15, 0.2) is 60.0 Å². The number of anilines is 1. The molecule has 0 saturated heterocycles. The summed E-state index contributed by atoms with van der Waals surface area (Å²) in [6.07, 6.45) is 3.47. The van der Waals surface area contributed by atoms with Gasteiger partial charge in [0.2, 0.25) is 0 Å². The molecule has 0 aliphatic carbocycles. The van der Waals surface area contributed by atoms with Crippen molar-refractivity contribution < 1.29 is 9.59 Å². The van der Waals surface area contributed by atoms with Crippen LogP contribution in [0, 0.1) is 5.92 Å². The molecular weight excluding hydrogens is 278 g/mol. The number of ketones is 1. The van der Waals surface area contributed by atoms with Crippen molar-refractivity contribution in [2.75, 3.05) is 5.01 Å². The Morgan fingerprint density at radius 2 is 1.82 bits per heavy atom. The summed E-state index contributed by atoms with van der Waals surface area (Å²) in [6, 6.07) is 12.7. The molecule has 0 spiro atoms. The molecule has 3 rings (SSSR count). The average molecular weight is 293 g/mol. The molecule has 22 heavy (non-hydrogen) atoms. The first-order valence-corrected chi connectivity index (χ1v) is 7.02. The van der Waals surface area contributed by atoms with Gasteiger partial charge in [-0.15, -0.1) is 0 Å². The fourth-order valence-corrected chi connectivity index (χ4v) is 2.49. The Hall–Kier alpha value is -2.82. The molecular formula is C17H15N3O2. The minimum absolute atomic E-state index is 0.143. The SMILES string of the molecule is CC1=NN(c2ccccc2)C(=O)C1C(=O)Cc1ccncc1. The molecule has 1 amide bonds. The van der Waals surface area contributed by atoms with Crippen molar-refractivity contribution in [3.8, 4) is 0 Å². The number of hydrazone groups is 1. The Morgan fingerprint density at radius 3 is 2.50 bits per heavy atom. The predicted molar refractivity (Wildman–Crippen MR) is 83.5 cm³/mol. The van der Waals surface area contributed by atoms with Crippen LogP contribution in [-0.2, 0) is 16.0 Å². The van der Waals surface area contributed by atoms with E-state index < -0.39 is 5.92 Å². The number of amides is 1. The van der Waals surface area contributed by atoms with Gasteiger partial charge in [0, 0.05) is 18.8 Å². The number of benzene rings is 1. The van der Waals surface area contributed by atoms with Crippen molar-refractivity contribution in [2.45, 2.75) is 13.3 Å². The maximum Gasteiger partial charge on any atom is 0.263 e.